The molecule has 0 fully saturated rings. The first-order chi connectivity index (χ1) is 4.04. The second-order valence-corrected chi connectivity index (χ2v) is 3.54. The zero-order valence-corrected chi connectivity index (χ0v) is 7.31. The highest BCUT2D eigenvalue weighted by atomic mass is 14.0. The Morgan fingerprint density at radius 2 is 1.33 bits per heavy atom. The van der Waals surface area contributed by atoms with Crippen LogP contribution < -0.4 is 0 Å². The van der Waals surface area contributed by atoms with Gasteiger partial charge in [-0.1, -0.05) is 52.2 Å². The van der Waals surface area contributed by atoms with E-state index in [1.54, 1.807) is 0 Å². The van der Waals surface area contributed by atoms with Crippen molar-refractivity contribution < 1.29 is 0 Å². The van der Waals surface area contributed by atoms with Crippen LogP contribution in [0, 0.1) is 5.92 Å². The van der Waals surface area contributed by atoms with Gasteiger partial charge in [-0.2, -0.15) is 0 Å². The van der Waals surface area contributed by atoms with Crippen LogP contribution >= 0.6 is 0 Å². The first-order valence-corrected chi connectivity index (χ1v) is 3.89. The van der Waals surface area contributed by atoms with Crippen molar-refractivity contribution in [1.82, 2.24) is 0 Å². The van der Waals surface area contributed by atoms with Gasteiger partial charge in [0, 0.05) is 0 Å². The van der Waals surface area contributed by atoms with Crippen molar-refractivity contribution >= 4 is 7.28 Å². The summed E-state index contributed by atoms with van der Waals surface area (Å²) in [5.41, 5.74) is 0. The summed E-state index contributed by atoms with van der Waals surface area (Å²) in [7, 11) is 2.41. The predicted octanol–water partition coefficient (Wildman–Crippen LogP) is 2.98. The Kier molecular flexibility index (Phi) is 4.00. The van der Waals surface area contributed by atoms with Gasteiger partial charge in [0.25, 0.3) is 0 Å². The summed E-state index contributed by atoms with van der Waals surface area (Å²) < 4.78 is 0. The zero-order chi connectivity index (χ0) is 7.44. The molecular weight excluding hydrogens is 107 g/mol. The molecule has 0 aromatic heterocycles. The summed E-state index contributed by atoms with van der Waals surface area (Å²) in [6.45, 7) is 11.3. The van der Waals surface area contributed by atoms with Gasteiger partial charge in [0.2, 0.25) is 0 Å². The molecule has 0 rings (SSSR count). The van der Waals surface area contributed by atoms with Crippen LogP contribution in [0.15, 0.2) is 0 Å². The summed E-state index contributed by atoms with van der Waals surface area (Å²) >= 11 is 0. The van der Waals surface area contributed by atoms with Gasteiger partial charge in [0.15, 0.2) is 0 Å². The van der Waals surface area contributed by atoms with Crippen molar-refractivity contribution in [2.24, 2.45) is 5.92 Å². The van der Waals surface area contributed by atoms with Crippen LogP contribution in [0.5, 0.6) is 0 Å². The molecule has 0 nitrogen and oxygen atoms in total. The fraction of sp³-hybridized carbons (Fsp3) is 1.00. The van der Waals surface area contributed by atoms with E-state index in [0.717, 1.165) is 17.6 Å². The third-order valence-corrected chi connectivity index (χ3v) is 1.74. The fourth-order valence-electron chi connectivity index (χ4n) is 0.829. The van der Waals surface area contributed by atoms with Gasteiger partial charge >= 0.3 is 0 Å². The van der Waals surface area contributed by atoms with Gasteiger partial charge in [0.05, 0.1) is 0 Å². The smallest absolute Gasteiger partial charge is 0.0742 e. The molecule has 0 saturated carbocycles. The third kappa shape index (κ3) is 4.56. The maximum Gasteiger partial charge on any atom is 0.117 e. The molecule has 53 valence electrons. The van der Waals surface area contributed by atoms with E-state index in [0.29, 0.717) is 0 Å². The molecule has 0 heterocycles. The summed E-state index contributed by atoms with van der Waals surface area (Å²) in [5.74, 6) is 2.31. The minimum atomic E-state index is 0.738. The van der Waals surface area contributed by atoms with E-state index in [1.165, 1.54) is 0 Å². The third-order valence-electron chi connectivity index (χ3n) is 1.74. The molecule has 0 N–H and O–H groups in total. The molecule has 1 radical (unpaired) electrons. The number of rotatable bonds is 3. The van der Waals surface area contributed by atoms with Gasteiger partial charge in [-0.3, -0.25) is 0 Å². The molecule has 0 saturated heterocycles. The minimum Gasteiger partial charge on any atom is -0.0742 e. The number of hydrogen-bond acceptors (Lipinski definition) is 0. The van der Waals surface area contributed by atoms with Gasteiger partial charge in [0.1, 0.15) is 7.28 Å². The summed E-state index contributed by atoms with van der Waals surface area (Å²) in [6, 6.07) is 0. The molecule has 0 aliphatic rings. The van der Waals surface area contributed by atoms with E-state index in [-0.39, 0.29) is 0 Å². The lowest BCUT2D eigenvalue weighted by Gasteiger charge is -2.15. The molecule has 1 heteroatoms. The van der Waals surface area contributed by atoms with Crippen LogP contribution in [0.25, 0.3) is 0 Å². The monoisotopic (exact) mass is 125 g/mol. The normalized spacial score (nSPS) is 14.6. The molecular formula is C8H18B. The Balaban J connectivity index is 3.38. The van der Waals surface area contributed by atoms with E-state index in [1.807, 2.05) is 0 Å². The molecule has 0 aromatic rings. The minimum absolute atomic E-state index is 0.738. The van der Waals surface area contributed by atoms with E-state index >= 15 is 0 Å². The molecule has 0 aliphatic heterocycles. The van der Waals surface area contributed by atoms with Crippen LogP contribution in [0.3, 0.4) is 0 Å². The Labute approximate surface area is 60.3 Å². The lowest BCUT2D eigenvalue weighted by atomic mass is 9.54. The summed E-state index contributed by atoms with van der Waals surface area (Å²) in [5, 5.41) is 0. The SMILES string of the molecule is CC(C)[B]C(C)C(C)C. The van der Waals surface area contributed by atoms with Gasteiger partial charge in [-0.15, -0.1) is 0 Å². The van der Waals surface area contributed by atoms with Crippen molar-refractivity contribution in [2.75, 3.05) is 0 Å². The van der Waals surface area contributed by atoms with Crippen LogP contribution in [0.4, 0.5) is 0 Å². The Morgan fingerprint density at radius 1 is 0.889 bits per heavy atom. The van der Waals surface area contributed by atoms with Crippen LogP contribution in [-0.2, 0) is 0 Å². The van der Waals surface area contributed by atoms with Crippen molar-refractivity contribution in [3.8, 4) is 0 Å². The average Bonchev–Trinajstić information content (AvgIpc) is 1.63. The van der Waals surface area contributed by atoms with E-state index in [2.05, 4.69) is 41.9 Å². The predicted molar refractivity (Wildman–Crippen MR) is 45.1 cm³/mol. The molecule has 9 heavy (non-hydrogen) atoms. The fourth-order valence-corrected chi connectivity index (χ4v) is 0.829. The van der Waals surface area contributed by atoms with Crippen molar-refractivity contribution in [1.29, 1.82) is 0 Å². The highest BCUT2D eigenvalue weighted by molar-refractivity contribution is 6.39. The molecule has 0 amide bonds. The molecule has 0 aromatic carbocycles. The molecule has 0 spiro atoms. The van der Waals surface area contributed by atoms with Gasteiger partial charge in [-0.05, 0) is 0 Å². The maximum absolute atomic E-state index is 2.41. The Hall–Kier alpha value is 0.0649. The first kappa shape index (κ1) is 9.06. The Morgan fingerprint density at radius 3 is 1.44 bits per heavy atom. The summed E-state index contributed by atoms with van der Waals surface area (Å²) in [4.78, 5) is 0. The standard InChI is InChI=1S/C8H18B/c1-6(2)8(5)9-7(3)4/h6-8H,1-5H3. The van der Waals surface area contributed by atoms with Crippen molar-refractivity contribution in [3.05, 3.63) is 0 Å². The largest absolute Gasteiger partial charge is 0.117 e. The second kappa shape index (κ2) is 3.97. The van der Waals surface area contributed by atoms with Crippen LogP contribution in [0.2, 0.25) is 11.6 Å². The zero-order valence-electron chi connectivity index (χ0n) is 7.31. The average molecular weight is 125 g/mol. The lowest BCUT2D eigenvalue weighted by molar-refractivity contribution is 0.613. The van der Waals surface area contributed by atoms with Crippen molar-refractivity contribution in [3.63, 3.8) is 0 Å². The van der Waals surface area contributed by atoms with E-state index < -0.39 is 0 Å². The lowest BCUT2D eigenvalue weighted by Crippen LogP contribution is -2.08. The van der Waals surface area contributed by atoms with Gasteiger partial charge in [-0.25, -0.2) is 0 Å². The Bertz CT molecular complexity index is 67.0. The highest BCUT2D eigenvalue weighted by Crippen LogP contribution is 2.19. The van der Waals surface area contributed by atoms with Crippen LogP contribution in [0.1, 0.15) is 34.6 Å². The molecule has 1 atom stereocenters. The quantitative estimate of drug-likeness (QED) is 0.508. The van der Waals surface area contributed by atoms with E-state index in [4.69, 9.17) is 0 Å². The van der Waals surface area contributed by atoms with Crippen LogP contribution in [-0.4, -0.2) is 7.28 Å². The number of hydrogen-bond donors (Lipinski definition) is 0. The van der Waals surface area contributed by atoms with Gasteiger partial charge < -0.3 is 0 Å². The summed E-state index contributed by atoms with van der Waals surface area (Å²) in [6.07, 6.45) is 0. The maximum atomic E-state index is 2.41. The van der Waals surface area contributed by atoms with Crippen molar-refractivity contribution in [2.45, 2.75) is 46.3 Å². The molecule has 1 unspecified atom stereocenters. The van der Waals surface area contributed by atoms with E-state index in [9.17, 15) is 0 Å². The highest BCUT2D eigenvalue weighted by Gasteiger charge is 2.09. The molecule has 0 bridgehead atoms. The first-order valence-electron chi connectivity index (χ1n) is 3.89. The molecule has 0 aliphatic carbocycles. The topological polar surface area (TPSA) is 0 Å². The second-order valence-electron chi connectivity index (χ2n) is 3.54.